The van der Waals surface area contributed by atoms with Gasteiger partial charge in [-0.25, -0.2) is 0 Å². The monoisotopic (exact) mass is 133 g/mol. The molecule has 1 heterocycles. The molecule has 0 aromatic heterocycles. The van der Waals surface area contributed by atoms with Crippen molar-refractivity contribution in [2.45, 2.75) is 12.8 Å². The van der Waals surface area contributed by atoms with E-state index >= 15 is 0 Å². The molecule has 0 atom stereocenters. The highest BCUT2D eigenvalue weighted by molar-refractivity contribution is 7.78. The average Bonchev–Trinajstić information content (AvgIpc) is 2.17. The number of nitrogens with two attached hydrogens (primary N) is 1. The van der Waals surface area contributed by atoms with Crippen molar-refractivity contribution >= 4 is 17.7 Å². The molecule has 0 aromatic carbocycles. The summed E-state index contributed by atoms with van der Waals surface area (Å²) in [6, 6.07) is 0. The summed E-state index contributed by atoms with van der Waals surface area (Å²) in [5, 5.41) is 0. The molecule has 8 heavy (non-hydrogen) atoms. The Bertz CT molecular complexity index is 46.8. The minimum atomic E-state index is 1.00. The fourth-order valence-corrected chi connectivity index (χ4v) is 0.510. The van der Waals surface area contributed by atoms with Gasteiger partial charge in [-0.2, -0.15) is 0 Å². The molecule has 1 fully saturated rings. The van der Waals surface area contributed by atoms with E-state index in [-0.39, 0.29) is 0 Å². The minimum Gasteiger partial charge on any atom is -0.396 e. The van der Waals surface area contributed by atoms with Crippen molar-refractivity contribution < 1.29 is 4.74 Å². The molecule has 0 amide bonds. The zero-order chi connectivity index (χ0) is 6.24. The Labute approximate surface area is 55.0 Å². The van der Waals surface area contributed by atoms with Crippen LogP contribution in [0.15, 0.2) is 0 Å². The normalized spacial score (nSPS) is 16.5. The molecule has 0 spiro atoms. The lowest BCUT2D eigenvalue weighted by Crippen LogP contribution is -1.79. The first kappa shape index (κ1) is 7.85. The summed E-state index contributed by atoms with van der Waals surface area (Å²) in [5.74, 6) is 0. The second-order valence-corrected chi connectivity index (χ2v) is 1.73. The Balaban J connectivity index is 0.000000145. The van der Waals surface area contributed by atoms with E-state index in [4.69, 9.17) is 4.74 Å². The van der Waals surface area contributed by atoms with Crippen LogP contribution in [-0.4, -0.2) is 18.7 Å². The quantitative estimate of drug-likeness (QED) is 0.494. The Hall–Kier alpha value is -0.150. The van der Waals surface area contributed by atoms with Crippen LogP contribution in [0.4, 0.5) is 0 Å². The summed E-state index contributed by atoms with van der Waals surface area (Å²) < 4.78 is 4.94. The number of ether oxygens (including phenoxy) is 1. The van der Waals surface area contributed by atoms with Gasteiger partial charge in [-0.3, -0.25) is 0 Å². The van der Waals surface area contributed by atoms with Gasteiger partial charge < -0.3 is 10.5 Å². The lowest BCUT2D eigenvalue weighted by molar-refractivity contribution is 0.198. The van der Waals surface area contributed by atoms with Crippen molar-refractivity contribution in [2.75, 3.05) is 13.2 Å². The summed E-state index contributed by atoms with van der Waals surface area (Å²) in [7, 11) is 0. The van der Waals surface area contributed by atoms with Crippen molar-refractivity contribution in [3.8, 4) is 0 Å². The van der Waals surface area contributed by atoms with E-state index < -0.39 is 0 Å². The van der Waals surface area contributed by atoms with Gasteiger partial charge in [0.1, 0.15) is 0 Å². The molecule has 0 aliphatic carbocycles. The van der Waals surface area contributed by atoms with Gasteiger partial charge in [0.15, 0.2) is 0 Å². The first-order valence-corrected chi connectivity index (χ1v) is 3.12. The molecule has 1 saturated heterocycles. The highest BCUT2D eigenvalue weighted by atomic mass is 32.1. The summed E-state index contributed by atoms with van der Waals surface area (Å²) in [6.07, 6.45) is 2.56. The molecule has 2 N–H and O–H groups in total. The van der Waals surface area contributed by atoms with Crippen molar-refractivity contribution in [1.29, 1.82) is 0 Å². The van der Waals surface area contributed by atoms with Crippen molar-refractivity contribution in [3.63, 3.8) is 0 Å². The molecular formula is C5H11NOS. The van der Waals surface area contributed by atoms with E-state index in [1.165, 1.54) is 12.8 Å². The summed E-state index contributed by atoms with van der Waals surface area (Å²) in [5.41, 5.74) is 5.62. The van der Waals surface area contributed by atoms with E-state index in [0.717, 1.165) is 18.7 Å². The van der Waals surface area contributed by atoms with Crippen LogP contribution in [0.3, 0.4) is 0 Å². The van der Waals surface area contributed by atoms with Gasteiger partial charge in [-0.1, -0.05) is 12.2 Å². The molecule has 0 saturated carbocycles. The number of hydrogen-bond acceptors (Lipinski definition) is 2. The predicted molar refractivity (Wildman–Crippen MR) is 37.9 cm³/mol. The highest BCUT2D eigenvalue weighted by Crippen LogP contribution is 1.98. The van der Waals surface area contributed by atoms with E-state index in [1.807, 2.05) is 0 Å². The topological polar surface area (TPSA) is 35.2 Å². The van der Waals surface area contributed by atoms with E-state index in [1.54, 1.807) is 0 Å². The van der Waals surface area contributed by atoms with Gasteiger partial charge in [0.05, 0.1) is 5.49 Å². The third-order valence-corrected chi connectivity index (χ3v) is 0.827. The largest absolute Gasteiger partial charge is 0.396 e. The zero-order valence-electron chi connectivity index (χ0n) is 4.80. The molecule has 0 aromatic rings. The van der Waals surface area contributed by atoms with Crippen LogP contribution < -0.4 is 5.73 Å². The van der Waals surface area contributed by atoms with Gasteiger partial charge in [0.25, 0.3) is 0 Å². The molecule has 3 heteroatoms. The lowest BCUT2D eigenvalue weighted by atomic mass is 10.4. The summed E-state index contributed by atoms with van der Waals surface area (Å²) >= 11 is 4.05. The van der Waals surface area contributed by atoms with Crippen LogP contribution in [0.1, 0.15) is 12.8 Å². The number of hydrogen-bond donors (Lipinski definition) is 1. The van der Waals surface area contributed by atoms with E-state index in [9.17, 15) is 0 Å². The summed E-state index contributed by atoms with van der Waals surface area (Å²) in [4.78, 5) is 0. The molecule has 1 rings (SSSR count). The molecule has 48 valence electrons. The smallest absolute Gasteiger partial charge is 0.0588 e. The first-order chi connectivity index (χ1) is 3.91. The lowest BCUT2D eigenvalue weighted by Gasteiger charge is -1.76. The Morgan fingerprint density at radius 3 is 1.88 bits per heavy atom. The van der Waals surface area contributed by atoms with Crippen LogP contribution in [0.2, 0.25) is 0 Å². The van der Waals surface area contributed by atoms with Crippen LogP contribution >= 0.6 is 12.2 Å². The second-order valence-electron chi connectivity index (χ2n) is 1.46. The Morgan fingerprint density at radius 2 is 1.75 bits per heavy atom. The average molecular weight is 133 g/mol. The highest BCUT2D eigenvalue weighted by Gasteiger charge is 1.94. The third-order valence-electron chi connectivity index (χ3n) is 0.827. The van der Waals surface area contributed by atoms with Crippen molar-refractivity contribution in [1.82, 2.24) is 0 Å². The maximum Gasteiger partial charge on any atom is 0.0588 e. The van der Waals surface area contributed by atoms with Crippen LogP contribution in [-0.2, 0) is 4.74 Å². The Morgan fingerprint density at radius 1 is 1.38 bits per heavy atom. The van der Waals surface area contributed by atoms with Crippen LogP contribution in [0.25, 0.3) is 0 Å². The zero-order valence-corrected chi connectivity index (χ0v) is 5.62. The van der Waals surface area contributed by atoms with Crippen molar-refractivity contribution in [3.05, 3.63) is 0 Å². The maximum atomic E-state index is 4.94. The standard InChI is InChI=1S/C4H8O.CH3NS/c1-2-4-5-3-1;2-1-3/h1-4H2;1H,(H2,2,3). The molecule has 0 unspecified atom stereocenters. The predicted octanol–water partition coefficient (Wildman–Crippen LogP) is 0.699. The molecule has 0 radical (unpaired) electrons. The Kier molecular flexibility index (Phi) is 6.72. The minimum absolute atomic E-state index is 1.00. The van der Waals surface area contributed by atoms with Gasteiger partial charge in [0.2, 0.25) is 0 Å². The molecule has 0 bridgehead atoms. The van der Waals surface area contributed by atoms with Gasteiger partial charge >= 0.3 is 0 Å². The number of rotatable bonds is 0. The van der Waals surface area contributed by atoms with Crippen LogP contribution in [0.5, 0.6) is 0 Å². The molecule has 1 aliphatic rings. The summed E-state index contributed by atoms with van der Waals surface area (Å²) in [6.45, 7) is 2.00. The van der Waals surface area contributed by atoms with Crippen molar-refractivity contribution in [2.24, 2.45) is 5.73 Å². The SMILES string of the molecule is C1CCOC1.NC=S. The fourth-order valence-electron chi connectivity index (χ4n) is 0.510. The van der Waals surface area contributed by atoms with Gasteiger partial charge in [0, 0.05) is 13.2 Å². The molecule has 1 aliphatic heterocycles. The second kappa shape index (κ2) is 6.85. The first-order valence-electron chi connectivity index (χ1n) is 2.65. The fraction of sp³-hybridized carbons (Fsp3) is 0.800. The van der Waals surface area contributed by atoms with E-state index in [2.05, 4.69) is 18.0 Å². The molecule has 2 nitrogen and oxygen atoms in total. The van der Waals surface area contributed by atoms with Gasteiger partial charge in [-0.15, -0.1) is 0 Å². The van der Waals surface area contributed by atoms with Gasteiger partial charge in [-0.05, 0) is 12.8 Å². The molecular weight excluding hydrogens is 122 g/mol. The third kappa shape index (κ3) is 5.85. The maximum absolute atomic E-state index is 4.94. The number of thiocarbonyl (C=S) groups is 1. The van der Waals surface area contributed by atoms with Crippen LogP contribution in [0, 0.1) is 0 Å². The van der Waals surface area contributed by atoms with E-state index in [0.29, 0.717) is 0 Å².